The summed E-state index contributed by atoms with van der Waals surface area (Å²) in [5.74, 6) is -0.129. The minimum absolute atomic E-state index is 0.129. The van der Waals surface area contributed by atoms with Crippen molar-refractivity contribution in [2.75, 3.05) is 6.26 Å². The Morgan fingerprint density at radius 1 is 1.55 bits per heavy atom. The van der Waals surface area contributed by atoms with Crippen LogP contribution in [0.5, 0.6) is 0 Å². The van der Waals surface area contributed by atoms with Gasteiger partial charge in [0.1, 0.15) is 5.69 Å². The van der Waals surface area contributed by atoms with Crippen LogP contribution in [0.15, 0.2) is 16.7 Å². The number of thioether (sulfide) groups is 1. The van der Waals surface area contributed by atoms with E-state index in [1.807, 2.05) is 23.3 Å². The molecule has 0 unspecified atom stereocenters. The number of aryl methyl sites for hydroxylation is 1. The van der Waals surface area contributed by atoms with E-state index in [4.69, 9.17) is 0 Å². The van der Waals surface area contributed by atoms with Gasteiger partial charge in [-0.05, 0) is 19.1 Å². The SMILES string of the molecule is CCCc1nc(C(=O)NCc2cnc(SC)n2C)cs1. The number of carbonyl (C=O) groups is 1. The van der Waals surface area contributed by atoms with Gasteiger partial charge < -0.3 is 9.88 Å². The summed E-state index contributed by atoms with van der Waals surface area (Å²) in [5.41, 5.74) is 1.48. The zero-order valence-electron chi connectivity index (χ0n) is 11.8. The maximum absolute atomic E-state index is 12.0. The number of carbonyl (C=O) groups excluding carboxylic acids is 1. The third-order valence-corrected chi connectivity index (χ3v) is 4.56. The Morgan fingerprint density at radius 3 is 3.00 bits per heavy atom. The molecule has 0 aliphatic heterocycles. The number of rotatable bonds is 6. The van der Waals surface area contributed by atoms with Crippen molar-refractivity contribution in [1.29, 1.82) is 0 Å². The molecule has 2 aromatic heterocycles. The van der Waals surface area contributed by atoms with E-state index in [1.54, 1.807) is 29.3 Å². The molecule has 2 rings (SSSR count). The van der Waals surface area contributed by atoms with Crippen LogP contribution in [0.25, 0.3) is 0 Å². The van der Waals surface area contributed by atoms with Crippen molar-refractivity contribution >= 4 is 29.0 Å². The quantitative estimate of drug-likeness (QED) is 0.833. The van der Waals surface area contributed by atoms with Gasteiger partial charge in [0.25, 0.3) is 5.91 Å². The summed E-state index contributed by atoms with van der Waals surface area (Å²) in [7, 11) is 1.95. The molecule has 108 valence electrons. The molecule has 0 saturated heterocycles. The molecule has 0 aliphatic rings. The minimum Gasteiger partial charge on any atom is -0.345 e. The van der Waals surface area contributed by atoms with Gasteiger partial charge in [0.2, 0.25) is 0 Å². The van der Waals surface area contributed by atoms with Gasteiger partial charge in [-0.2, -0.15) is 0 Å². The van der Waals surface area contributed by atoms with Crippen LogP contribution in [0, 0.1) is 0 Å². The lowest BCUT2D eigenvalue weighted by atomic mass is 10.3. The Hall–Kier alpha value is -1.34. The first-order valence-electron chi connectivity index (χ1n) is 6.42. The Labute approximate surface area is 126 Å². The second-order valence-electron chi connectivity index (χ2n) is 4.35. The van der Waals surface area contributed by atoms with Crippen LogP contribution in [0.1, 0.15) is 34.5 Å². The first-order valence-corrected chi connectivity index (χ1v) is 8.53. The predicted molar refractivity (Wildman–Crippen MR) is 82.3 cm³/mol. The van der Waals surface area contributed by atoms with Crippen LogP contribution in [-0.4, -0.2) is 26.7 Å². The Morgan fingerprint density at radius 2 is 2.35 bits per heavy atom. The molecule has 2 heterocycles. The highest BCUT2D eigenvalue weighted by molar-refractivity contribution is 7.98. The second kappa shape index (κ2) is 6.90. The summed E-state index contributed by atoms with van der Waals surface area (Å²) in [6.07, 6.45) is 5.74. The number of amides is 1. The fourth-order valence-electron chi connectivity index (χ4n) is 1.78. The van der Waals surface area contributed by atoms with E-state index in [2.05, 4.69) is 22.2 Å². The fraction of sp³-hybridized carbons (Fsp3) is 0.462. The number of hydrogen-bond donors (Lipinski definition) is 1. The van der Waals surface area contributed by atoms with Crippen molar-refractivity contribution in [3.63, 3.8) is 0 Å². The van der Waals surface area contributed by atoms with E-state index in [9.17, 15) is 4.79 Å². The second-order valence-corrected chi connectivity index (χ2v) is 6.07. The summed E-state index contributed by atoms with van der Waals surface area (Å²) in [6, 6.07) is 0. The molecule has 1 amide bonds. The van der Waals surface area contributed by atoms with Crippen molar-refractivity contribution in [2.24, 2.45) is 7.05 Å². The molecule has 2 aromatic rings. The highest BCUT2D eigenvalue weighted by atomic mass is 32.2. The molecule has 0 spiro atoms. The van der Waals surface area contributed by atoms with Gasteiger partial charge in [-0.25, -0.2) is 9.97 Å². The van der Waals surface area contributed by atoms with Gasteiger partial charge in [0, 0.05) is 12.4 Å². The molecule has 20 heavy (non-hydrogen) atoms. The maximum atomic E-state index is 12.0. The standard InChI is InChI=1S/C13H18N4OS2/c1-4-5-11-16-10(8-20-11)12(18)14-6-9-7-15-13(19-3)17(9)2/h7-8H,4-6H2,1-3H3,(H,14,18). The van der Waals surface area contributed by atoms with Gasteiger partial charge in [-0.15, -0.1) is 11.3 Å². The van der Waals surface area contributed by atoms with E-state index < -0.39 is 0 Å². The van der Waals surface area contributed by atoms with Crippen LogP contribution >= 0.6 is 23.1 Å². The third kappa shape index (κ3) is 3.40. The van der Waals surface area contributed by atoms with Crippen LogP contribution in [-0.2, 0) is 20.0 Å². The summed E-state index contributed by atoms with van der Waals surface area (Å²) < 4.78 is 1.98. The summed E-state index contributed by atoms with van der Waals surface area (Å²) in [4.78, 5) is 20.6. The van der Waals surface area contributed by atoms with E-state index in [-0.39, 0.29) is 5.91 Å². The number of imidazole rings is 1. The molecular formula is C13H18N4OS2. The van der Waals surface area contributed by atoms with Crippen LogP contribution in [0.2, 0.25) is 0 Å². The van der Waals surface area contributed by atoms with Crippen LogP contribution in [0.4, 0.5) is 0 Å². The first-order chi connectivity index (χ1) is 9.65. The molecule has 1 N–H and O–H groups in total. The van der Waals surface area contributed by atoms with Crippen molar-refractivity contribution in [1.82, 2.24) is 19.9 Å². The monoisotopic (exact) mass is 310 g/mol. The first kappa shape index (κ1) is 15.1. The molecular weight excluding hydrogens is 292 g/mol. The molecule has 0 aromatic carbocycles. The molecule has 0 atom stereocenters. The van der Waals surface area contributed by atoms with Crippen molar-refractivity contribution in [2.45, 2.75) is 31.5 Å². The van der Waals surface area contributed by atoms with E-state index >= 15 is 0 Å². The van der Waals surface area contributed by atoms with E-state index in [1.165, 1.54) is 0 Å². The zero-order valence-corrected chi connectivity index (χ0v) is 13.5. The predicted octanol–water partition coefficient (Wildman–Crippen LogP) is 2.48. The average Bonchev–Trinajstić information content (AvgIpc) is 3.04. The molecule has 7 heteroatoms. The maximum Gasteiger partial charge on any atom is 0.271 e. The van der Waals surface area contributed by atoms with Crippen molar-refractivity contribution < 1.29 is 4.79 Å². The fourth-order valence-corrected chi connectivity index (χ4v) is 3.21. The minimum atomic E-state index is -0.129. The number of hydrogen-bond acceptors (Lipinski definition) is 5. The summed E-state index contributed by atoms with van der Waals surface area (Å²) in [6.45, 7) is 2.57. The molecule has 0 radical (unpaired) electrons. The highest BCUT2D eigenvalue weighted by Crippen LogP contribution is 2.14. The van der Waals surface area contributed by atoms with Gasteiger partial charge in [-0.1, -0.05) is 18.7 Å². The van der Waals surface area contributed by atoms with Crippen molar-refractivity contribution in [3.05, 3.63) is 28.0 Å². The average molecular weight is 310 g/mol. The molecule has 0 saturated carbocycles. The number of aromatic nitrogens is 3. The topological polar surface area (TPSA) is 59.8 Å². The zero-order chi connectivity index (χ0) is 14.5. The lowest BCUT2D eigenvalue weighted by Crippen LogP contribution is -2.24. The largest absolute Gasteiger partial charge is 0.345 e. The summed E-state index contributed by atoms with van der Waals surface area (Å²) in [5, 5.41) is 6.66. The van der Waals surface area contributed by atoms with E-state index in [0.29, 0.717) is 12.2 Å². The van der Waals surface area contributed by atoms with Gasteiger partial charge in [-0.3, -0.25) is 4.79 Å². The van der Waals surface area contributed by atoms with Gasteiger partial charge in [0.05, 0.1) is 23.4 Å². The molecule has 0 fully saturated rings. The van der Waals surface area contributed by atoms with Crippen LogP contribution < -0.4 is 5.32 Å². The summed E-state index contributed by atoms with van der Waals surface area (Å²) >= 11 is 3.13. The molecule has 5 nitrogen and oxygen atoms in total. The van der Waals surface area contributed by atoms with E-state index in [0.717, 1.165) is 28.7 Å². The normalized spacial score (nSPS) is 10.8. The Balaban J connectivity index is 1.95. The Bertz CT molecular complexity index is 591. The lowest BCUT2D eigenvalue weighted by molar-refractivity contribution is 0.0945. The smallest absolute Gasteiger partial charge is 0.271 e. The van der Waals surface area contributed by atoms with Crippen LogP contribution in [0.3, 0.4) is 0 Å². The van der Waals surface area contributed by atoms with Gasteiger partial charge >= 0.3 is 0 Å². The Kier molecular flexibility index (Phi) is 5.19. The highest BCUT2D eigenvalue weighted by Gasteiger charge is 2.12. The molecule has 0 aliphatic carbocycles. The third-order valence-electron chi connectivity index (χ3n) is 2.90. The number of nitrogens with zero attached hydrogens (tertiary/aromatic N) is 3. The van der Waals surface area contributed by atoms with Gasteiger partial charge in [0.15, 0.2) is 5.16 Å². The van der Waals surface area contributed by atoms with Crippen molar-refractivity contribution in [3.8, 4) is 0 Å². The number of thiazole rings is 1. The number of nitrogens with one attached hydrogen (secondary N) is 1. The molecule has 0 bridgehead atoms. The lowest BCUT2D eigenvalue weighted by Gasteiger charge is -2.05.